The van der Waals surface area contributed by atoms with E-state index >= 15 is 0 Å². The van der Waals surface area contributed by atoms with Crippen molar-refractivity contribution in [3.05, 3.63) is 0 Å². The highest BCUT2D eigenvalue weighted by molar-refractivity contribution is 8.06. The molecule has 6 nitrogen and oxygen atoms in total. The zero-order valence-corrected chi connectivity index (χ0v) is 10.5. The zero-order valence-electron chi connectivity index (χ0n) is 7.10. The van der Waals surface area contributed by atoms with E-state index in [1.807, 2.05) is 0 Å². The van der Waals surface area contributed by atoms with E-state index in [9.17, 15) is 0 Å². The van der Waals surface area contributed by atoms with Crippen molar-refractivity contribution in [2.75, 3.05) is 0 Å². The maximum atomic E-state index is 7.56. The van der Waals surface area contributed by atoms with E-state index in [0.29, 0.717) is 0 Å². The molecule has 0 aromatic rings. The van der Waals surface area contributed by atoms with Gasteiger partial charge in [0.25, 0.3) is 0 Å². The molecule has 14 heavy (non-hydrogen) atoms. The first-order chi connectivity index (χ1) is 5.41. The molecule has 0 saturated carbocycles. The highest BCUT2D eigenvalue weighted by atomic mass is 32.5. The molecule has 0 aromatic carbocycles. The smallest absolute Gasteiger partial charge is 0.319 e. The van der Waals surface area contributed by atoms with E-state index in [0.717, 1.165) is 0 Å². The molecule has 6 N–H and O–H groups in total. The summed E-state index contributed by atoms with van der Waals surface area (Å²) in [6.45, 7) is -3.36. The molecule has 0 bridgehead atoms. The van der Waals surface area contributed by atoms with Crippen molar-refractivity contribution in [3.63, 3.8) is 0 Å². The molecule has 0 saturated heterocycles. The minimum absolute atomic E-state index is 0. The molecule has 0 aliphatic rings. The molecule has 0 amide bonds. The standard InChI is InChI=1S/C3H8.CH4.2H3O3PS/c1-3-2;;2*1-4(2,3)5/h3H2,1-2H3;1H4;2*(H3,1,2,3,5). The van der Waals surface area contributed by atoms with Crippen molar-refractivity contribution >= 4 is 37.1 Å². The van der Waals surface area contributed by atoms with Crippen LogP contribution in [-0.4, -0.2) is 29.4 Å². The summed E-state index contributed by atoms with van der Waals surface area (Å²) in [5, 5.41) is 0. The molecule has 10 heteroatoms. The monoisotopic (exact) mass is 288 g/mol. The Morgan fingerprint density at radius 1 is 0.786 bits per heavy atom. The SMILES string of the molecule is C.CCC.OP(O)(O)=S.OP(O)(O)=S. The molecular formula is C4H18O6P2S2. The Balaban J connectivity index is -0.0000000535. The largest absolute Gasteiger partial charge is 0.325 e. The predicted octanol–water partition coefficient (Wildman–Crippen LogP) is 0.428. The van der Waals surface area contributed by atoms with Crippen molar-refractivity contribution < 1.29 is 29.4 Å². The van der Waals surface area contributed by atoms with Crippen LogP contribution in [0.2, 0.25) is 0 Å². The third-order valence-corrected chi connectivity index (χ3v) is 0. The van der Waals surface area contributed by atoms with Gasteiger partial charge in [-0.25, -0.2) is 0 Å². The summed E-state index contributed by atoms with van der Waals surface area (Å²) in [4.78, 5) is 45.3. The fraction of sp³-hybridized carbons (Fsp3) is 1.00. The molecule has 0 aromatic heterocycles. The summed E-state index contributed by atoms with van der Waals surface area (Å²) in [7, 11) is 0. The van der Waals surface area contributed by atoms with Crippen LogP contribution in [0.4, 0.5) is 0 Å². The predicted molar refractivity (Wildman–Crippen MR) is 64.6 cm³/mol. The van der Waals surface area contributed by atoms with Crippen molar-refractivity contribution in [1.29, 1.82) is 0 Å². The molecule has 0 rings (SSSR count). The Morgan fingerprint density at radius 3 is 0.786 bits per heavy atom. The first kappa shape index (κ1) is 24.3. The van der Waals surface area contributed by atoms with Crippen molar-refractivity contribution in [1.82, 2.24) is 0 Å². The molecule has 0 unspecified atom stereocenters. The summed E-state index contributed by atoms with van der Waals surface area (Å²) < 4.78 is 0. The van der Waals surface area contributed by atoms with Gasteiger partial charge >= 0.3 is 13.4 Å². The fourth-order valence-electron chi connectivity index (χ4n) is 0. The maximum Gasteiger partial charge on any atom is 0.319 e. The normalized spacial score (nSPS) is 9.71. The van der Waals surface area contributed by atoms with Crippen LogP contribution >= 0.6 is 13.4 Å². The van der Waals surface area contributed by atoms with Crippen LogP contribution in [-0.2, 0) is 23.6 Å². The molecule has 0 heterocycles. The lowest BCUT2D eigenvalue weighted by Crippen LogP contribution is -1.65. The fourth-order valence-corrected chi connectivity index (χ4v) is 0. The highest BCUT2D eigenvalue weighted by Gasteiger charge is 1.92. The topological polar surface area (TPSA) is 121 Å². The summed E-state index contributed by atoms with van der Waals surface area (Å²) in [5.41, 5.74) is 0. The molecular weight excluding hydrogens is 270 g/mol. The Morgan fingerprint density at radius 2 is 0.786 bits per heavy atom. The molecule has 92 valence electrons. The maximum absolute atomic E-state index is 7.56. The molecule has 0 radical (unpaired) electrons. The van der Waals surface area contributed by atoms with Crippen molar-refractivity contribution in [2.45, 2.75) is 27.7 Å². The molecule has 0 aliphatic heterocycles. The first-order valence-corrected chi connectivity index (χ1v) is 8.30. The zero-order chi connectivity index (χ0) is 11.7. The van der Waals surface area contributed by atoms with E-state index in [-0.39, 0.29) is 7.43 Å². The van der Waals surface area contributed by atoms with Gasteiger partial charge in [0.05, 0.1) is 0 Å². The van der Waals surface area contributed by atoms with Gasteiger partial charge < -0.3 is 29.4 Å². The Hall–Kier alpha value is 1.06. The summed E-state index contributed by atoms with van der Waals surface area (Å²) in [6.07, 6.45) is 1.25. The third-order valence-electron chi connectivity index (χ3n) is 0. The van der Waals surface area contributed by atoms with Gasteiger partial charge in [-0.3, -0.25) is 0 Å². The van der Waals surface area contributed by atoms with E-state index in [4.69, 9.17) is 29.4 Å². The summed E-state index contributed by atoms with van der Waals surface area (Å²) in [6, 6.07) is 0. The minimum atomic E-state index is -3.81. The minimum Gasteiger partial charge on any atom is -0.325 e. The molecule has 0 fully saturated rings. The Labute approximate surface area is 94.4 Å². The van der Waals surface area contributed by atoms with Gasteiger partial charge in [-0.2, -0.15) is 0 Å². The van der Waals surface area contributed by atoms with Gasteiger partial charge in [-0.1, -0.05) is 27.7 Å². The van der Waals surface area contributed by atoms with E-state index < -0.39 is 13.4 Å². The van der Waals surface area contributed by atoms with Crippen LogP contribution in [0.5, 0.6) is 0 Å². The van der Waals surface area contributed by atoms with Crippen LogP contribution in [0.3, 0.4) is 0 Å². The van der Waals surface area contributed by atoms with Gasteiger partial charge in [0, 0.05) is 0 Å². The quantitative estimate of drug-likeness (QED) is 0.355. The van der Waals surface area contributed by atoms with Gasteiger partial charge in [-0.15, -0.1) is 0 Å². The lowest BCUT2D eigenvalue weighted by atomic mass is 10.6. The average molecular weight is 288 g/mol. The number of rotatable bonds is 0. The Bertz CT molecular complexity index is 150. The van der Waals surface area contributed by atoms with E-state index in [2.05, 4.69) is 37.5 Å². The summed E-state index contributed by atoms with van der Waals surface area (Å²) in [5.74, 6) is 0. The second-order valence-corrected chi connectivity index (χ2v) is 6.73. The van der Waals surface area contributed by atoms with Crippen LogP contribution in [0.1, 0.15) is 27.7 Å². The lowest BCUT2D eigenvalue weighted by Gasteiger charge is -1.88. The van der Waals surface area contributed by atoms with Crippen LogP contribution in [0.25, 0.3) is 0 Å². The average Bonchev–Trinajstić information content (AvgIpc) is 1.52. The summed E-state index contributed by atoms with van der Waals surface area (Å²) >= 11 is 7.21. The molecule has 0 spiro atoms. The van der Waals surface area contributed by atoms with Gasteiger partial charge in [-0.05, 0) is 23.6 Å². The van der Waals surface area contributed by atoms with Crippen LogP contribution < -0.4 is 0 Å². The lowest BCUT2D eigenvalue weighted by molar-refractivity contribution is 0.361. The molecule has 0 aliphatic carbocycles. The van der Waals surface area contributed by atoms with E-state index in [1.54, 1.807) is 0 Å². The second kappa shape index (κ2) is 12.1. The first-order valence-electron chi connectivity index (χ1n) is 2.98. The van der Waals surface area contributed by atoms with E-state index in [1.165, 1.54) is 6.42 Å². The van der Waals surface area contributed by atoms with Crippen molar-refractivity contribution in [2.24, 2.45) is 0 Å². The van der Waals surface area contributed by atoms with Gasteiger partial charge in [0.1, 0.15) is 0 Å². The second-order valence-electron chi connectivity index (χ2n) is 1.73. The van der Waals surface area contributed by atoms with Crippen LogP contribution in [0, 0.1) is 0 Å². The Kier molecular flexibility index (Phi) is 21.1. The highest BCUT2D eigenvalue weighted by Crippen LogP contribution is 2.26. The van der Waals surface area contributed by atoms with Gasteiger partial charge in [0.15, 0.2) is 0 Å². The number of hydrogen-bond acceptors (Lipinski definition) is 2. The van der Waals surface area contributed by atoms with Crippen molar-refractivity contribution in [3.8, 4) is 0 Å². The van der Waals surface area contributed by atoms with Gasteiger partial charge in [0.2, 0.25) is 0 Å². The third kappa shape index (κ3) is 1690. The molecule has 0 atom stereocenters. The van der Waals surface area contributed by atoms with Crippen LogP contribution in [0.15, 0.2) is 0 Å². The number of hydrogen-bond donors (Lipinski definition) is 6.